The molecule has 7 nitrogen and oxygen atoms in total. The molecule has 0 bridgehead atoms. The highest BCUT2D eigenvalue weighted by Crippen LogP contribution is 2.29. The quantitative estimate of drug-likeness (QED) is 0.408. The number of halogens is 1. The average Bonchev–Trinajstić information content (AvgIpc) is 3.24. The van der Waals surface area contributed by atoms with E-state index in [1.54, 1.807) is 42.9 Å². The molecule has 0 saturated heterocycles. The minimum atomic E-state index is -0.527. The largest absolute Gasteiger partial charge is 0.394 e. The van der Waals surface area contributed by atoms with Gasteiger partial charge in [-0.3, -0.25) is 14.9 Å². The summed E-state index contributed by atoms with van der Waals surface area (Å²) in [7, 11) is 0. The van der Waals surface area contributed by atoms with Crippen molar-refractivity contribution in [1.29, 1.82) is 0 Å². The molecule has 0 aliphatic rings. The van der Waals surface area contributed by atoms with Crippen molar-refractivity contribution >= 4 is 22.6 Å². The van der Waals surface area contributed by atoms with Crippen molar-refractivity contribution in [2.75, 3.05) is 6.61 Å². The Morgan fingerprint density at radius 1 is 1.06 bits per heavy atom. The van der Waals surface area contributed by atoms with Crippen molar-refractivity contribution in [3.8, 4) is 22.4 Å². The van der Waals surface area contributed by atoms with Gasteiger partial charge in [-0.2, -0.15) is 5.10 Å². The molecule has 1 atom stereocenters. The van der Waals surface area contributed by atoms with Gasteiger partial charge in [-0.15, -0.1) is 0 Å². The van der Waals surface area contributed by atoms with Gasteiger partial charge in [-0.1, -0.05) is 23.7 Å². The first kappa shape index (κ1) is 21.1. The molecule has 0 aliphatic carbocycles. The van der Waals surface area contributed by atoms with Crippen LogP contribution in [0.3, 0.4) is 0 Å². The Kier molecular flexibility index (Phi) is 5.50. The molecule has 5 aromatic rings. The molecule has 164 valence electrons. The smallest absolute Gasteiger partial charge is 0.251 e. The van der Waals surface area contributed by atoms with Crippen LogP contribution in [0.15, 0.2) is 78.0 Å². The minimum absolute atomic E-state index is 0.225. The maximum Gasteiger partial charge on any atom is 0.251 e. The molecule has 0 aliphatic heterocycles. The van der Waals surface area contributed by atoms with Gasteiger partial charge in [-0.05, 0) is 54.4 Å². The highest BCUT2D eigenvalue weighted by atomic mass is 35.5. The molecule has 4 aromatic heterocycles. The Balaban J connectivity index is 1.55. The number of H-pyrrole nitrogens is 1. The maximum atomic E-state index is 13.0. The second-order valence-electron chi connectivity index (χ2n) is 7.79. The van der Waals surface area contributed by atoms with E-state index in [1.165, 1.54) is 4.57 Å². The molecule has 0 saturated carbocycles. The van der Waals surface area contributed by atoms with Gasteiger partial charge in [0, 0.05) is 51.9 Å². The lowest BCUT2D eigenvalue weighted by molar-refractivity contribution is 0.247. The first-order valence-electron chi connectivity index (χ1n) is 10.4. The summed E-state index contributed by atoms with van der Waals surface area (Å²) in [5.41, 5.74) is 5.33. The summed E-state index contributed by atoms with van der Waals surface area (Å²) in [6.45, 7) is 1.71. The van der Waals surface area contributed by atoms with Crippen LogP contribution in [-0.2, 0) is 0 Å². The van der Waals surface area contributed by atoms with Crippen LogP contribution in [0.5, 0.6) is 0 Å². The van der Waals surface area contributed by atoms with Crippen LogP contribution in [0.25, 0.3) is 33.4 Å². The minimum Gasteiger partial charge on any atom is -0.394 e. The molecular formula is C25H20ClN5O2. The van der Waals surface area contributed by atoms with Crippen molar-refractivity contribution in [2.45, 2.75) is 13.0 Å². The van der Waals surface area contributed by atoms with Crippen molar-refractivity contribution in [2.24, 2.45) is 0 Å². The van der Waals surface area contributed by atoms with Crippen molar-refractivity contribution in [3.63, 3.8) is 0 Å². The van der Waals surface area contributed by atoms with E-state index in [0.29, 0.717) is 10.7 Å². The topological polar surface area (TPSA) is 96.7 Å². The van der Waals surface area contributed by atoms with E-state index in [-0.39, 0.29) is 12.2 Å². The number of aliphatic hydroxyl groups is 1. The number of aromatic amines is 1. The standard InChI is InChI=1S/C25H20ClN5O2/c1-15-9-18(5-7-27-15)24-21-11-19(13-28-25(21)30-29-24)16-6-8-31(23(33)12-16)22(14-32)17-3-2-4-20(26)10-17/h2-13,22,32H,14H2,1H3,(H,28,29,30). The maximum absolute atomic E-state index is 13.0. The first-order valence-corrected chi connectivity index (χ1v) is 10.8. The lowest BCUT2D eigenvalue weighted by atomic mass is 10.0. The van der Waals surface area contributed by atoms with Crippen molar-refractivity contribution in [3.05, 3.63) is 99.8 Å². The van der Waals surface area contributed by atoms with Gasteiger partial charge in [0.2, 0.25) is 0 Å². The molecule has 0 spiro atoms. The second kappa shape index (κ2) is 8.61. The summed E-state index contributed by atoms with van der Waals surface area (Å²) < 4.78 is 1.50. The number of hydrogen-bond donors (Lipinski definition) is 2. The molecular weight excluding hydrogens is 438 g/mol. The number of rotatable bonds is 5. The highest BCUT2D eigenvalue weighted by molar-refractivity contribution is 6.30. The van der Waals surface area contributed by atoms with Gasteiger partial charge in [0.25, 0.3) is 5.56 Å². The van der Waals surface area contributed by atoms with Crippen LogP contribution < -0.4 is 5.56 Å². The SMILES string of the molecule is Cc1cc(-c2n[nH]c3ncc(-c4ccn(C(CO)c5cccc(Cl)c5)c(=O)c4)cc23)ccn1. The summed E-state index contributed by atoms with van der Waals surface area (Å²) in [5.74, 6) is 0. The first-order chi connectivity index (χ1) is 16.0. The van der Waals surface area contributed by atoms with Crippen LogP contribution >= 0.6 is 11.6 Å². The van der Waals surface area contributed by atoms with E-state index in [0.717, 1.165) is 39.0 Å². The second-order valence-corrected chi connectivity index (χ2v) is 8.23. The zero-order valence-corrected chi connectivity index (χ0v) is 18.5. The Morgan fingerprint density at radius 3 is 2.70 bits per heavy atom. The monoisotopic (exact) mass is 457 g/mol. The average molecular weight is 458 g/mol. The molecule has 0 amide bonds. The van der Waals surface area contributed by atoms with E-state index >= 15 is 0 Å². The number of nitrogens with one attached hydrogen (secondary N) is 1. The lowest BCUT2D eigenvalue weighted by Gasteiger charge is -2.18. The third-order valence-corrected chi connectivity index (χ3v) is 5.85. The Labute approximate surface area is 194 Å². The van der Waals surface area contributed by atoms with Crippen LogP contribution in [-0.4, -0.2) is 36.4 Å². The van der Waals surface area contributed by atoms with Crippen molar-refractivity contribution < 1.29 is 5.11 Å². The van der Waals surface area contributed by atoms with Crippen LogP contribution in [0.4, 0.5) is 0 Å². The molecule has 8 heteroatoms. The fourth-order valence-electron chi connectivity index (χ4n) is 3.97. The summed E-state index contributed by atoms with van der Waals surface area (Å²) in [6, 6.07) is 15.8. The van der Waals surface area contributed by atoms with E-state index in [9.17, 15) is 9.90 Å². The lowest BCUT2D eigenvalue weighted by Crippen LogP contribution is -2.26. The van der Waals surface area contributed by atoms with Gasteiger partial charge >= 0.3 is 0 Å². The van der Waals surface area contributed by atoms with Gasteiger partial charge in [-0.25, -0.2) is 4.98 Å². The fourth-order valence-corrected chi connectivity index (χ4v) is 4.17. The Bertz CT molecular complexity index is 1530. The predicted octanol–water partition coefficient (Wildman–Crippen LogP) is 4.39. The summed E-state index contributed by atoms with van der Waals surface area (Å²) in [4.78, 5) is 21.7. The fraction of sp³-hybridized carbons (Fsp3) is 0.120. The molecule has 1 unspecified atom stereocenters. The molecule has 33 heavy (non-hydrogen) atoms. The van der Waals surface area contributed by atoms with Crippen LogP contribution in [0, 0.1) is 6.92 Å². The molecule has 5 rings (SSSR count). The zero-order chi connectivity index (χ0) is 22.9. The number of nitrogens with zero attached hydrogens (tertiary/aromatic N) is 4. The molecule has 1 aromatic carbocycles. The third kappa shape index (κ3) is 4.04. The number of benzene rings is 1. The predicted molar refractivity (Wildman–Crippen MR) is 128 cm³/mol. The Morgan fingerprint density at radius 2 is 1.94 bits per heavy atom. The number of hydrogen-bond acceptors (Lipinski definition) is 5. The van der Waals surface area contributed by atoms with Gasteiger partial charge < -0.3 is 9.67 Å². The number of aromatic nitrogens is 5. The van der Waals surface area contributed by atoms with Crippen molar-refractivity contribution in [1.82, 2.24) is 24.7 Å². The molecule has 0 fully saturated rings. The summed E-state index contributed by atoms with van der Waals surface area (Å²) in [6.07, 6.45) is 5.15. The van der Waals surface area contributed by atoms with E-state index in [4.69, 9.17) is 11.6 Å². The molecule has 2 N–H and O–H groups in total. The number of aliphatic hydroxyl groups excluding tert-OH is 1. The van der Waals surface area contributed by atoms with E-state index in [2.05, 4.69) is 20.2 Å². The van der Waals surface area contributed by atoms with Crippen LogP contribution in [0.2, 0.25) is 5.02 Å². The number of pyridine rings is 3. The number of aryl methyl sites for hydroxylation is 1. The van der Waals surface area contributed by atoms with E-state index in [1.807, 2.05) is 37.3 Å². The number of fused-ring (bicyclic) bond motifs is 1. The summed E-state index contributed by atoms with van der Waals surface area (Å²) >= 11 is 6.10. The Hall–Kier alpha value is -3.81. The zero-order valence-electron chi connectivity index (χ0n) is 17.7. The van der Waals surface area contributed by atoms with E-state index < -0.39 is 6.04 Å². The van der Waals surface area contributed by atoms with Crippen LogP contribution in [0.1, 0.15) is 17.3 Å². The molecule has 0 radical (unpaired) electrons. The van der Waals surface area contributed by atoms with Gasteiger partial charge in [0.05, 0.1) is 12.6 Å². The molecule has 4 heterocycles. The van der Waals surface area contributed by atoms with Gasteiger partial charge in [0.15, 0.2) is 5.65 Å². The van der Waals surface area contributed by atoms with Gasteiger partial charge in [0.1, 0.15) is 5.69 Å². The summed E-state index contributed by atoms with van der Waals surface area (Å²) in [5, 5.41) is 18.8. The third-order valence-electron chi connectivity index (χ3n) is 5.61. The highest BCUT2D eigenvalue weighted by Gasteiger charge is 2.16. The normalized spacial score (nSPS) is 12.2.